The van der Waals surface area contributed by atoms with Crippen molar-refractivity contribution in [2.75, 3.05) is 26.2 Å². The number of carbonyl (C=O) groups is 1. The minimum atomic E-state index is 0.0402. The molecule has 0 spiro atoms. The molecule has 19 heavy (non-hydrogen) atoms. The second-order valence-electron chi connectivity index (χ2n) is 6.27. The van der Waals surface area contributed by atoms with E-state index in [4.69, 9.17) is 0 Å². The molecule has 1 amide bonds. The van der Waals surface area contributed by atoms with Gasteiger partial charge in [-0.3, -0.25) is 4.79 Å². The molecule has 1 heterocycles. The fourth-order valence-electron chi connectivity index (χ4n) is 3.32. The Balaban J connectivity index is 2.00. The van der Waals surface area contributed by atoms with E-state index in [2.05, 4.69) is 24.5 Å². The second-order valence-corrected chi connectivity index (χ2v) is 6.27. The maximum atomic E-state index is 12.8. The molecule has 1 aliphatic carbocycles. The first-order chi connectivity index (χ1) is 9.18. The van der Waals surface area contributed by atoms with Crippen molar-refractivity contribution in [3.8, 4) is 0 Å². The lowest BCUT2D eigenvalue weighted by Crippen LogP contribution is -2.56. The lowest BCUT2D eigenvalue weighted by molar-refractivity contribution is -0.136. The van der Waals surface area contributed by atoms with Crippen molar-refractivity contribution >= 4 is 5.91 Å². The molecule has 2 N–H and O–H groups in total. The number of carbonyl (C=O) groups excluding carboxylic acids is 1. The fraction of sp³-hybridized carbons (Fsp3) is 0.933. The van der Waals surface area contributed by atoms with E-state index in [1.807, 2.05) is 4.90 Å². The van der Waals surface area contributed by atoms with E-state index in [1.54, 1.807) is 0 Å². The number of piperazine rings is 1. The Morgan fingerprint density at radius 2 is 1.79 bits per heavy atom. The van der Waals surface area contributed by atoms with Crippen molar-refractivity contribution in [2.24, 2.45) is 5.92 Å². The normalized spacial score (nSPS) is 23.6. The Kier molecular flexibility index (Phi) is 5.64. The maximum absolute atomic E-state index is 12.8. The standard InChI is InChI=1S/C15H29N3O/c1-12(2)17-14(13-6-4-3-5-7-13)15(19)18-10-8-16-9-11-18/h12-14,16-17H,3-11H2,1-2H3/t14-/m0/s1. The minimum Gasteiger partial charge on any atom is -0.339 e. The van der Waals surface area contributed by atoms with Gasteiger partial charge in [0.25, 0.3) is 0 Å². The first-order valence-corrected chi connectivity index (χ1v) is 7.94. The van der Waals surface area contributed by atoms with Gasteiger partial charge in [0.2, 0.25) is 5.91 Å². The lowest BCUT2D eigenvalue weighted by atomic mass is 9.83. The average molecular weight is 267 g/mol. The van der Waals surface area contributed by atoms with Crippen LogP contribution in [0.1, 0.15) is 46.0 Å². The Labute approximate surface area is 117 Å². The van der Waals surface area contributed by atoms with Gasteiger partial charge in [-0.05, 0) is 18.8 Å². The molecule has 0 aromatic carbocycles. The SMILES string of the molecule is CC(C)N[C@H](C(=O)N1CCNCC1)C1CCCCC1. The van der Waals surface area contributed by atoms with Crippen LogP contribution in [-0.2, 0) is 4.79 Å². The van der Waals surface area contributed by atoms with Crippen molar-refractivity contribution in [3.05, 3.63) is 0 Å². The van der Waals surface area contributed by atoms with Crippen LogP contribution >= 0.6 is 0 Å². The zero-order valence-corrected chi connectivity index (χ0v) is 12.5. The van der Waals surface area contributed by atoms with E-state index in [-0.39, 0.29) is 6.04 Å². The molecule has 0 unspecified atom stereocenters. The predicted octanol–water partition coefficient (Wildman–Crippen LogP) is 1.37. The van der Waals surface area contributed by atoms with Crippen LogP contribution in [0, 0.1) is 5.92 Å². The highest BCUT2D eigenvalue weighted by atomic mass is 16.2. The molecule has 1 saturated carbocycles. The van der Waals surface area contributed by atoms with Crippen molar-refractivity contribution in [3.63, 3.8) is 0 Å². The smallest absolute Gasteiger partial charge is 0.240 e. The van der Waals surface area contributed by atoms with E-state index in [1.165, 1.54) is 32.1 Å². The monoisotopic (exact) mass is 267 g/mol. The summed E-state index contributed by atoms with van der Waals surface area (Å²) in [5, 5.41) is 6.85. The minimum absolute atomic E-state index is 0.0402. The van der Waals surface area contributed by atoms with Crippen LogP contribution in [0.2, 0.25) is 0 Å². The highest BCUT2D eigenvalue weighted by Crippen LogP contribution is 2.27. The summed E-state index contributed by atoms with van der Waals surface area (Å²) in [6, 6.07) is 0.414. The Bertz CT molecular complexity index is 281. The summed E-state index contributed by atoms with van der Waals surface area (Å²) in [5.41, 5.74) is 0. The number of nitrogens with one attached hydrogen (secondary N) is 2. The van der Waals surface area contributed by atoms with Crippen molar-refractivity contribution in [2.45, 2.75) is 58.0 Å². The van der Waals surface area contributed by atoms with Gasteiger partial charge in [-0.15, -0.1) is 0 Å². The second kappa shape index (κ2) is 7.25. The van der Waals surface area contributed by atoms with Gasteiger partial charge in [-0.2, -0.15) is 0 Å². The van der Waals surface area contributed by atoms with Crippen molar-refractivity contribution in [1.82, 2.24) is 15.5 Å². The van der Waals surface area contributed by atoms with Gasteiger partial charge >= 0.3 is 0 Å². The van der Waals surface area contributed by atoms with E-state index < -0.39 is 0 Å². The molecule has 110 valence electrons. The number of amides is 1. The topological polar surface area (TPSA) is 44.4 Å². The van der Waals surface area contributed by atoms with Crippen molar-refractivity contribution in [1.29, 1.82) is 0 Å². The van der Waals surface area contributed by atoms with Gasteiger partial charge in [0, 0.05) is 32.2 Å². The molecule has 2 aliphatic rings. The summed E-state index contributed by atoms with van der Waals surface area (Å²) in [6.45, 7) is 7.88. The van der Waals surface area contributed by atoms with E-state index >= 15 is 0 Å². The summed E-state index contributed by atoms with van der Waals surface area (Å²) in [7, 11) is 0. The van der Waals surface area contributed by atoms with Gasteiger partial charge < -0.3 is 15.5 Å². The molecule has 1 saturated heterocycles. The molecule has 0 radical (unpaired) electrons. The van der Waals surface area contributed by atoms with Crippen LogP contribution < -0.4 is 10.6 Å². The van der Waals surface area contributed by atoms with Gasteiger partial charge in [0.05, 0.1) is 6.04 Å². The van der Waals surface area contributed by atoms with Gasteiger partial charge in [-0.25, -0.2) is 0 Å². The van der Waals surface area contributed by atoms with E-state index in [0.717, 1.165) is 26.2 Å². The molecule has 0 bridgehead atoms. The molecular weight excluding hydrogens is 238 g/mol. The highest BCUT2D eigenvalue weighted by molar-refractivity contribution is 5.82. The molecule has 4 nitrogen and oxygen atoms in total. The summed E-state index contributed by atoms with van der Waals surface area (Å²) in [4.78, 5) is 14.8. The molecule has 0 aromatic heterocycles. The zero-order valence-electron chi connectivity index (χ0n) is 12.5. The first kappa shape index (κ1) is 14.8. The molecule has 0 aromatic rings. The summed E-state index contributed by atoms with van der Waals surface area (Å²) < 4.78 is 0. The molecule has 1 aliphatic heterocycles. The van der Waals surface area contributed by atoms with Crippen LogP contribution in [0.3, 0.4) is 0 Å². The summed E-state index contributed by atoms with van der Waals surface area (Å²) in [6.07, 6.45) is 6.34. The first-order valence-electron chi connectivity index (χ1n) is 7.94. The molecule has 2 rings (SSSR count). The molecule has 2 fully saturated rings. The number of hydrogen-bond acceptors (Lipinski definition) is 3. The number of rotatable bonds is 4. The van der Waals surface area contributed by atoms with E-state index in [9.17, 15) is 4.79 Å². The Morgan fingerprint density at radius 3 is 2.37 bits per heavy atom. The Morgan fingerprint density at radius 1 is 1.16 bits per heavy atom. The quantitative estimate of drug-likeness (QED) is 0.808. The fourth-order valence-corrected chi connectivity index (χ4v) is 3.32. The third-order valence-electron chi connectivity index (χ3n) is 4.33. The third-order valence-corrected chi connectivity index (χ3v) is 4.33. The van der Waals surface area contributed by atoms with Gasteiger partial charge in [-0.1, -0.05) is 33.1 Å². The summed E-state index contributed by atoms with van der Waals surface area (Å²) >= 11 is 0. The van der Waals surface area contributed by atoms with Crippen LogP contribution in [0.5, 0.6) is 0 Å². The molecule has 1 atom stereocenters. The average Bonchev–Trinajstić information content (AvgIpc) is 2.46. The Hall–Kier alpha value is -0.610. The van der Waals surface area contributed by atoms with Crippen LogP contribution in [0.25, 0.3) is 0 Å². The molecule has 4 heteroatoms. The van der Waals surface area contributed by atoms with Crippen LogP contribution in [0.4, 0.5) is 0 Å². The number of nitrogens with zero attached hydrogens (tertiary/aromatic N) is 1. The largest absolute Gasteiger partial charge is 0.339 e. The van der Waals surface area contributed by atoms with Crippen molar-refractivity contribution < 1.29 is 4.79 Å². The number of hydrogen-bond donors (Lipinski definition) is 2. The predicted molar refractivity (Wildman–Crippen MR) is 78.1 cm³/mol. The maximum Gasteiger partial charge on any atom is 0.240 e. The highest BCUT2D eigenvalue weighted by Gasteiger charge is 2.33. The zero-order chi connectivity index (χ0) is 13.7. The molecular formula is C15H29N3O. The van der Waals surface area contributed by atoms with Gasteiger partial charge in [0.1, 0.15) is 0 Å². The van der Waals surface area contributed by atoms with Gasteiger partial charge in [0.15, 0.2) is 0 Å². The van der Waals surface area contributed by atoms with E-state index in [0.29, 0.717) is 17.9 Å². The third kappa shape index (κ3) is 4.18. The van der Waals surface area contributed by atoms with Crippen LogP contribution in [-0.4, -0.2) is 49.1 Å². The summed E-state index contributed by atoms with van der Waals surface area (Å²) in [5.74, 6) is 0.876. The lowest BCUT2D eigenvalue weighted by Gasteiger charge is -2.36. The van der Waals surface area contributed by atoms with Crippen LogP contribution in [0.15, 0.2) is 0 Å².